The average molecular weight is 311 g/mol. The molecule has 0 bridgehead atoms. The first-order valence-electron chi connectivity index (χ1n) is 6.73. The van der Waals surface area contributed by atoms with Crippen molar-refractivity contribution in [1.29, 1.82) is 0 Å². The van der Waals surface area contributed by atoms with Crippen LogP contribution in [0.4, 0.5) is 5.82 Å². The first-order chi connectivity index (χ1) is 11.1. The quantitative estimate of drug-likeness (QED) is 0.721. The van der Waals surface area contributed by atoms with Crippen molar-refractivity contribution >= 4 is 11.7 Å². The van der Waals surface area contributed by atoms with E-state index in [1.807, 2.05) is 0 Å². The molecule has 0 aliphatic heterocycles. The lowest BCUT2D eigenvalue weighted by Gasteiger charge is -2.08. The zero-order valence-electron chi connectivity index (χ0n) is 12.2. The van der Waals surface area contributed by atoms with Gasteiger partial charge in [-0.05, 0) is 13.0 Å². The van der Waals surface area contributed by atoms with Gasteiger partial charge in [-0.1, -0.05) is 0 Å². The number of anilines is 1. The molecule has 3 aromatic heterocycles. The minimum atomic E-state index is -0.454. The molecule has 0 unspecified atom stereocenters. The number of hydrogen-bond donors (Lipinski definition) is 2. The fourth-order valence-electron chi connectivity index (χ4n) is 1.91. The van der Waals surface area contributed by atoms with Gasteiger partial charge in [0.15, 0.2) is 11.5 Å². The predicted molar refractivity (Wildman–Crippen MR) is 79.9 cm³/mol. The van der Waals surface area contributed by atoms with Gasteiger partial charge in [0.1, 0.15) is 17.8 Å². The third kappa shape index (κ3) is 3.12. The number of carbonyl (C=O) groups is 1. The van der Waals surface area contributed by atoms with Crippen molar-refractivity contribution < 1.29 is 9.21 Å². The Labute approximate surface area is 131 Å². The van der Waals surface area contributed by atoms with E-state index in [1.165, 1.54) is 12.5 Å². The number of aromatic nitrogens is 5. The van der Waals surface area contributed by atoms with Gasteiger partial charge in [0.2, 0.25) is 5.89 Å². The maximum absolute atomic E-state index is 12.2. The third-order valence-corrected chi connectivity index (χ3v) is 2.97. The number of nitrogens with two attached hydrogens (primary N) is 1. The highest BCUT2D eigenvalue weighted by Crippen LogP contribution is 2.20. The molecule has 0 atom stereocenters. The number of nitrogen functional groups attached to an aromatic ring is 1. The molecule has 9 heteroatoms. The van der Waals surface area contributed by atoms with Crippen LogP contribution in [0.1, 0.15) is 22.0 Å². The molecule has 0 fully saturated rings. The fraction of sp³-hybridized carbons (Fsp3) is 0.143. The van der Waals surface area contributed by atoms with E-state index in [0.717, 1.165) is 0 Å². The zero-order chi connectivity index (χ0) is 16.2. The number of carbonyl (C=O) groups excluding carboxylic acids is 1. The summed E-state index contributed by atoms with van der Waals surface area (Å²) in [5.41, 5.74) is 6.75. The normalized spacial score (nSPS) is 10.5. The molecule has 3 aromatic rings. The molecule has 0 aromatic carbocycles. The molecule has 3 N–H and O–H groups in total. The molecule has 0 saturated carbocycles. The Balaban J connectivity index is 1.80. The van der Waals surface area contributed by atoms with Crippen LogP contribution in [0.5, 0.6) is 0 Å². The summed E-state index contributed by atoms with van der Waals surface area (Å²) < 4.78 is 5.17. The Bertz CT molecular complexity index is 819. The molecule has 9 nitrogen and oxygen atoms in total. The van der Waals surface area contributed by atoms with Crippen molar-refractivity contribution in [3.63, 3.8) is 0 Å². The first-order valence-corrected chi connectivity index (χ1v) is 6.73. The minimum absolute atomic E-state index is 0.00437. The van der Waals surface area contributed by atoms with Crippen molar-refractivity contribution in [2.24, 2.45) is 0 Å². The number of aryl methyl sites for hydroxylation is 1. The van der Waals surface area contributed by atoms with Crippen molar-refractivity contribution in [3.8, 4) is 11.6 Å². The van der Waals surface area contributed by atoms with Crippen LogP contribution in [-0.2, 0) is 6.54 Å². The largest absolute Gasteiger partial charge is 0.443 e. The van der Waals surface area contributed by atoms with Crippen molar-refractivity contribution in [2.75, 3.05) is 5.73 Å². The van der Waals surface area contributed by atoms with Crippen molar-refractivity contribution in [2.45, 2.75) is 13.5 Å². The highest BCUT2D eigenvalue weighted by atomic mass is 16.3. The number of rotatable bonds is 4. The minimum Gasteiger partial charge on any atom is -0.443 e. The van der Waals surface area contributed by atoms with Crippen molar-refractivity contribution in [3.05, 3.63) is 48.1 Å². The molecule has 0 aliphatic rings. The second kappa shape index (κ2) is 6.18. The van der Waals surface area contributed by atoms with E-state index in [4.69, 9.17) is 10.2 Å². The molecule has 0 saturated heterocycles. The van der Waals surface area contributed by atoms with Crippen LogP contribution in [0.25, 0.3) is 11.6 Å². The van der Waals surface area contributed by atoms with Gasteiger partial charge in [-0.3, -0.25) is 4.79 Å². The number of hydrogen-bond acceptors (Lipinski definition) is 8. The first kappa shape index (κ1) is 14.6. The van der Waals surface area contributed by atoms with Gasteiger partial charge in [0.05, 0.1) is 18.4 Å². The summed E-state index contributed by atoms with van der Waals surface area (Å²) in [7, 11) is 0. The molecule has 0 radical (unpaired) electrons. The Kier molecular flexibility index (Phi) is 3.91. The van der Waals surface area contributed by atoms with Crippen LogP contribution in [-0.4, -0.2) is 30.8 Å². The van der Waals surface area contributed by atoms with Gasteiger partial charge < -0.3 is 15.5 Å². The smallest absolute Gasteiger partial charge is 0.274 e. The number of nitrogens with zero attached hydrogens (tertiary/aromatic N) is 5. The highest BCUT2D eigenvalue weighted by Gasteiger charge is 2.18. The summed E-state index contributed by atoms with van der Waals surface area (Å²) in [5, 5.41) is 2.65. The average Bonchev–Trinajstić information content (AvgIpc) is 3.09. The van der Waals surface area contributed by atoms with E-state index in [1.54, 1.807) is 25.4 Å². The fourth-order valence-corrected chi connectivity index (χ4v) is 1.91. The van der Waals surface area contributed by atoms with E-state index >= 15 is 0 Å². The van der Waals surface area contributed by atoms with E-state index in [-0.39, 0.29) is 18.1 Å². The SMILES string of the molecule is Cc1nc(C(=O)NCc2ncccn2)c(N)nc1-c1ncco1. The molecular weight excluding hydrogens is 298 g/mol. The Morgan fingerprint density at radius 3 is 2.70 bits per heavy atom. The second-order valence-corrected chi connectivity index (χ2v) is 4.58. The lowest BCUT2D eigenvalue weighted by molar-refractivity contribution is 0.0945. The number of amides is 1. The lowest BCUT2D eigenvalue weighted by atomic mass is 10.2. The molecule has 1 amide bonds. The van der Waals surface area contributed by atoms with Crippen molar-refractivity contribution in [1.82, 2.24) is 30.2 Å². The van der Waals surface area contributed by atoms with Gasteiger partial charge >= 0.3 is 0 Å². The van der Waals surface area contributed by atoms with E-state index in [0.29, 0.717) is 23.1 Å². The molecular formula is C14H13N7O2. The number of oxazole rings is 1. The van der Waals surface area contributed by atoms with Crippen LogP contribution < -0.4 is 11.1 Å². The summed E-state index contributed by atoms with van der Waals surface area (Å²) in [4.78, 5) is 32.6. The Morgan fingerprint density at radius 1 is 1.22 bits per heavy atom. The molecule has 116 valence electrons. The van der Waals surface area contributed by atoms with E-state index in [9.17, 15) is 4.79 Å². The van der Waals surface area contributed by atoms with Gasteiger partial charge in [0, 0.05) is 12.4 Å². The number of nitrogens with one attached hydrogen (secondary N) is 1. The van der Waals surface area contributed by atoms with E-state index < -0.39 is 5.91 Å². The maximum Gasteiger partial charge on any atom is 0.274 e. The summed E-state index contributed by atoms with van der Waals surface area (Å²) in [6.45, 7) is 1.87. The lowest BCUT2D eigenvalue weighted by Crippen LogP contribution is -2.26. The topological polar surface area (TPSA) is 133 Å². The summed E-state index contributed by atoms with van der Waals surface area (Å²) in [5.74, 6) is 0.326. The monoisotopic (exact) mass is 311 g/mol. The molecule has 0 spiro atoms. The Hall–Kier alpha value is -3.36. The van der Waals surface area contributed by atoms with E-state index in [2.05, 4.69) is 30.2 Å². The molecule has 3 heterocycles. The summed E-state index contributed by atoms with van der Waals surface area (Å²) >= 11 is 0. The van der Waals surface area contributed by atoms with Crippen LogP contribution >= 0.6 is 0 Å². The van der Waals surface area contributed by atoms with Gasteiger partial charge in [-0.15, -0.1) is 0 Å². The summed E-state index contributed by atoms with van der Waals surface area (Å²) in [6, 6.07) is 1.69. The highest BCUT2D eigenvalue weighted by molar-refractivity contribution is 5.96. The van der Waals surface area contributed by atoms with Crippen LogP contribution in [0.3, 0.4) is 0 Å². The Morgan fingerprint density at radius 2 is 2.00 bits per heavy atom. The molecule has 23 heavy (non-hydrogen) atoms. The van der Waals surface area contributed by atoms with Crippen LogP contribution in [0, 0.1) is 6.92 Å². The second-order valence-electron chi connectivity index (χ2n) is 4.58. The molecule has 3 rings (SSSR count). The summed E-state index contributed by atoms with van der Waals surface area (Å²) in [6.07, 6.45) is 6.11. The maximum atomic E-state index is 12.2. The van der Waals surface area contributed by atoms with Gasteiger partial charge in [0.25, 0.3) is 5.91 Å². The van der Waals surface area contributed by atoms with Gasteiger partial charge in [-0.25, -0.2) is 24.9 Å². The van der Waals surface area contributed by atoms with Crippen LogP contribution in [0.15, 0.2) is 35.3 Å². The third-order valence-electron chi connectivity index (χ3n) is 2.97. The molecule has 0 aliphatic carbocycles. The van der Waals surface area contributed by atoms with Gasteiger partial charge in [-0.2, -0.15) is 0 Å². The standard InChI is InChI=1S/C14H13N7O2/c1-8-10(14-18-5-6-23-14)21-12(15)11(20-8)13(22)19-7-9-16-3-2-4-17-9/h2-6H,7H2,1H3,(H2,15,21)(H,19,22). The predicted octanol–water partition coefficient (Wildman–Crippen LogP) is 0.742. The van der Waals surface area contributed by atoms with Crippen LogP contribution in [0.2, 0.25) is 0 Å². The zero-order valence-corrected chi connectivity index (χ0v) is 12.2.